The first-order valence-electron chi connectivity index (χ1n) is 21.9. The molecule has 4 aliphatic rings. The van der Waals surface area contributed by atoms with E-state index in [2.05, 4.69) is 44.7 Å². The number of carbonyl (C=O) groups excluding carboxylic acids is 6. The summed E-state index contributed by atoms with van der Waals surface area (Å²) in [6.45, 7) is 2.40. The van der Waals surface area contributed by atoms with Crippen molar-refractivity contribution < 1.29 is 33.9 Å². The summed E-state index contributed by atoms with van der Waals surface area (Å²) in [5, 5.41) is 15.3. The number of para-hydroxylation sites is 1. The molecule has 60 heavy (non-hydrogen) atoms. The number of aromatic hydroxyl groups is 1. The second kappa shape index (κ2) is 20.0. The quantitative estimate of drug-likeness (QED) is 0.0464. The lowest BCUT2D eigenvalue weighted by Crippen LogP contribution is -2.54. The number of likely N-dealkylation sites (tertiary alicyclic amines) is 1. The summed E-state index contributed by atoms with van der Waals surface area (Å²) in [5.74, 6) is -1.98. The van der Waals surface area contributed by atoms with E-state index >= 15 is 0 Å². The van der Waals surface area contributed by atoms with Gasteiger partial charge in [0.25, 0.3) is 11.8 Å². The molecular weight excluding hydrogens is 759 g/mol. The van der Waals surface area contributed by atoms with Crippen molar-refractivity contribution in [1.29, 1.82) is 0 Å². The third-order valence-corrected chi connectivity index (χ3v) is 12.5. The normalized spacial score (nSPS) is 19.7. The molecule has 1 unspecified atom stereocenters. The molecule has 0 spiro atoms. The summed E-state index contributed by atoms with van der Waals surface area (Å²) < 4.78 is 0. The monoisotopic (exact) mass is 815 g/mol. The Morgan fingerprint density at radius 1 is 0.750 bits per heavy atom. The van der Waals surface area contributed by atoms with Crippen molar-refractivity contribution >= 4 is 41.0 Å². The first-order valence-corrected chi connectivity index (χ1v) is 21.9. The van der Waals surface area contributed by atoms with Gasteiger partial charge in [-0.2, -0.15) is 0 Å². The minimum Gasteiger partial charge on any atom is -0.507 e. The van der Waals surface area contributed by atoms with E-state index in [1.54, 1.807) is 36.4 Å². The summed E-state index contributed by atoms with van der Waals surface area (Å²) in [6.07, 6.45) is 18.1. The van der Waals surface area contributed by atoms with Gasteiger partial charge in [-0.3, -0.25) is 39.0 Å². The summed E-state index contributed by atoms with van der Waals surface area (Å²) >= 11 is 0. The molecule has 3 atom stereocenters. The fourth-order valence-corrected chi connectivity index (χ4v) is 9.12. The van der Waals surface area contributed by atoms with Crippen molar-refractivity contribution in [2.24, 2.45) is 0 Å². The summed E-state index contributed by atoms with van der Waals surface area (Å²) in [5.41, 5.74) is 4.39. The van der Waals surface area contributed by atoms with Crippen molar-refractivity contribution in [3.05, 3.63) is 107 Å². The smallest absolute Gasteiger partial charge is 0.262 e. The number of piperazine rings is 1. The van der Waals surface area contributed by atoms with Crippen molar-refractivity contribution in [2.75, 3.05) is 24.5 Å². The highest BCUT2D eigenvalue weighted by Crippen LogP contribution is 2.35. The van der Waals surface area contributed by atoms with Gasteiger partial charge >= 0.3 is 0 Å². The molecule has 4 heterocycles. The van der Waals surface area contributed by atoms with E-state index in [4.69, 9.17) is 0 Å². The first kappa shape index (κ1) is 42.3. The van der Waals surface area contributed by atoms with Crippen molar-refractivity contribution in [2.45, 2.75) is 121 Å². The molecule has 2 bridgehead atoms. The number of fused-ring (bicyclic) bond motifs is 3. The summed E-state index contributed by atoms with van der Waals surface area (Å²) in [6, 6.07) is 20.5. The van der Waals surface area contributed by atoms with Gasteiger partial charge in [0.2, 0.25) is 17.7 Å². The van der Waals surface area contributed by atoms with Crippen molar-refractivity contribution in [1.82, 2.24) is 20.4 Å². The molecule has 0 saturated carbocycles. The highest BCUT2D eigenvalue weighted by atomic mass is 16.3. The van der Waals surface area contributed by atoms with Gasteiger partial charge in [0.15, 0.2) is 5.78 Å². The number of piperidine rings is 1. The molecule has 316 valence electrons. The molecule has 3 aromatic carbocycles. The fourth-order valence-electron chi connectivity index (χ4n) is 9.12. The Labute approximate surface area is 352 Å². The lowest BCUT2D eigenvalue weighted by Gasteiger charge is -2.35. The van der Waals surface area contributed by atoms with Gasteiger partial charge in [-0.1, -0.05) is 81.7 Å². The minimum absolute atomic E-state index is 0.00268. The standard InChI is InChI=1S/C48H57N5O7/c54-42-15-12-11-14-39(42)43(55)26-28-51-31-37-30-36(51)32-52(37)35-20-17-33(18-21-35)25-27-49-44(56)16-10-8-6-4-2-1-3-5-7-9-13-34-19-22-38-40(29-34)48(60)53(47(38)59)41-23-24-45(57)50-46(41)58/h11-12,14-15,17-22,26,28-29,36-37,41,54H,1-10,13,16,23-25,27,30-32H2,(H,49,56)(H,50,57,58)/b28-26+/t36-,37-,41?/m0/s1. The third kappa shape index (κ3) is 10.3. The molecule has 5 amide bonds. The van der Waals surface area contributed by atoms with E-state index in [1.807, 2.05) is 12.3 Å². The van der Waals surface area contributed by atoms with E-state index in [-0.39, 0.29) is 36.2 Å². The van der Waals surface area contributed by atoms with Crippen LogP contribution < -0.4 is 15.5 Å². The highest BCUT2D eigenvalue weighted by molar-refractivity contribution is 6.23. The number of nitrogens with zero attached hydrogens (tertiary/aromatic N) is 3. The second-order valence-corrected chi connectivity index (χ2v) is 16.7. The molecule has 0 aliphatic carbocycles. The molecule has 12 nitrogen and oxygen atoms in total. The largest absolute Gasteiger partial charge is 0.507 e. The Hall–Kier alpha value is -5.78. The lowest BCUT2D eigenvalue weighted by atomic mass is 10.0. The van der Waals surface area contributed by atoms with Gasteiger partial charge < -0.3 is 20.2 Å². The van der Waals surface area contributed by atoms with Gasteiger partial charge in [-0.05, 0) is 86.1 Å². The average Bonchev–Trinajstić information content (AvgIpc) is 3.92. The Kier molecular flexibility index (Phi) is 14.1. The summed E-state index contributed by atoms with van der Waals surface area (Å²) in [7, 11) is 0. The number of anilines is 1. The maximum atomic E-state index is 13.1. The number of allylic oxidation sites excluding steroid dienone is 1. The zero-order valence-corrected chi connectivity index (χ0v) is 34.4. The Bertz CT molecular complexity index is 2100. The van der Waals surface area contributed by atoms with E-state index in [0.29, 0.717) is 41.7 Å². The number of benzene rings is 3. The Morgan fingerprint density at radius 3 is 2.13 bits per heavy atom. The maximum absolute atomic E-state index is 13.1. The molecule has 7 rings (SSSR count). The van der Waals surface area contributed by atoms with Crippen LogP contribution in [0, 0.1) is 0 Å². The molecule has 3 aromatic rings. The fraction of sp³-hybridized carbons (Fsp3) is 0.458. The molecule has 3 N–H and O–H groups in total. The van der Waals surface area contributed by atoms with Crippen LogP contribution in [0.15, 0.2) is 79.0 Å². The predicted molar refractivity (Wildman–Crippen MR) is 229 cm³/mol. The number of rotatable bonds is 21. The number of hydrogen-bond acceptors (Lipinski definition) is 9. The lowest BCUT2D eigenvalue weighted by molar-refractivity contribution is -0.136. The molecule has 3 fully saturated rings. The number of unbranched alkanes of at least 4 members (excludes halogenated alkanes) is 9. The molecule has 4 aliphatic heterocycles. The van der Waals surface area contributed by atoms with Crippen LogP contribution in [0.5, 0.6) is 5.75 Å². The van der Waals surface area contributed by atoms with Crippen molar-refractivity contribution in [3.8, 4) is 5.75 Å². The molecule has 0 aromatic heterocycles. The molecule has 12 heteroatoms. The maximum Gasteiger partial charge on any atom is 0.262 e. The number of aryl methyl sites for hydroxylation is 1. The number of phenolic OH excluding ortho intramolecular Hbond substituents is 1. The number of nitrogens with one attached hydrogen (secondary N) is 2. The van der Waals surface area contributed by atoms with Gasteiger partial charge in [0.1, 0.15) is 11.8 Å². The van der Waals surface area contributed by atoms with Crippen LogP contribution in [0.1, 0.15) is 132 Å². The van der Waals surface area contributed by atoms with Crippen LogP contribution >= 0.6 is 0 Å². The zero-order chi connectivity index (χ0) is 42.0. The Morgan fingerprint density at radius 2 is 1.43 bits per heavy atom. The summed E-state index contributed by atoms with van der Waals surface area (Å²) in [4.78, 5) is 80.5. The van der Waals surface area contributed by atoms with Crippen LogP contribution in [-0.4, -0.2) is 88.0 Å². The topological polar surface area (TPSA) is 156 Å². The molecule has 0 radical (unpaired) electrons. The predicted octanol–water partition coefficient (Wildman–Crippen LogP) is 6.65. The van der Waals surface area contributed by atoms with Crippen molar-refractivity contribution in [3.63, 3.8) is 0 Å². The second-order valence-electron chi connectivity index (χ2n) is 16.7. The van der Waals surface area contributed by atoms with Crippen LogP contribution in [0.2, 0.25) is 0 Å². The number of ketones is 1. The van der Waals surface area contributed by atoms with E-state index in [0.717, 1.165) is 81.3 Å². The van der Waals surface area contributed by atoms with Crippen LogP contribution in [0.25, 0.3) is 0 Å². The third-order valence-electron chi connectivity index (χ3n) is 12.5. The number of imide groups is 2. The molecule has 3 saturated heterocycles. The van der Waals surface area contributed by atoms with Crippen LogP contribution in [0.3, 0.4) is 0 Å². The van der Waals surface area contributed by atoms with Gasteiger partial charge in [0.05, 0.1) is 16.7 Å². The number of hydrogen-bond donors (Lipinski definition) is 3. The van der Waals surface area contributed by atoms with E-state index in [9.17, 15) is 33.9 Å². The van der Waals surface area contributed by atoms with Gasteiger partial charge in [-0.15, -0.1) is 0 Å². The SMILES string of the molecule is O=C(CCCCCCCCCCCCc1ccc2c(c1)C(=O)N(C1CCC(=O)NC1=O)C2=O)NCCc1ccc(N2C[C@@H]3C[C@H]2CN3/C=C/C(=O)c2ccccc2O)cc1. The number of carbonyl (C=O) groups is 6. The average molecular weight is 816 g/mol. The first-order chi connectivity index (χ1) is 29.2. The highest BCUT2D eigenvalue weighted by Gasteiger charge is 2.45. The van der Waals surface area contributed by atoms with E-state index in [1.165, 1.54) is 43.0 Å². The number of phenols is 1. The van der Waals surface area contributed by atoms with Crippen LogP contribution in [-0.2, 0) is 27.2 Å². The van der Waals surface area contributed by atoms with Gasteiger partial charge in [0, 0.05) is 62.5 Å². The number of amides is 5. The zero-order valence-electron chi connectivity index (χ0n) is 34.4. The van der Waals surface area contributed by atoms with Gasteiger partial charge in [-0.25, -0.2) is 0 Å². The van der Waals surface area contributed by atoms with E-state index < -0.39 is 23.8 Å². The minimum atomic E-state index is -0.945. The molecular formula is C48H57N5O7. The van der Waals surface area contributed by atoms with Crippen LogP contribution in [0.4, 0.5) is 5.69 Å². The Balaban J connectivity index is 0.683.